The van der Waals surface area contributed by atoms with Crippen LogP contribution in [0.25, 0.3) is 11.0 Å². The summed E-state index contributed by atoms with van der Waals surface area (Å²) >= 11 is 0. The van der Waals surface area contributed by atoms with E-state index in [1.807, 2.05) is 11.5 Å². The Hall–Kier alpha value is -2.25. The molecule has 0 fully saturated rings. The normalized spacial score (nSPS) is 11.9. The first-order valence-electron chi connectivity index (χ1n) is 7.70. The SMILES string of the molecule is CCCn1cc(S(=O)(=O)NCc2ccccc2F)c2cccnc21. The maximum Gasteiger partial charge on any atom is 0.243 e. The van der Waals surface area contributed by atoms with Gasteiger partial charge < -0.3 is 4.57 Å². The monoisotopic (exact) mass is 347 g/mol. The number of rotatable bonds is 6. The first-order chi connectivity index (χ1) is 11.5. The summed E-state index contributed by atoms with van der Waals surface area (Å²) in [5, 5.41) is 0.562. The zero-order chi connectivity index (χ0) is 17.2. The molecule has 126 valence electrons. The number of pyridine rings is 1. The van der Waals surface area contributed by atoms with Gasteiger partial charge in [-0.05, 0) is 24.6 Å². The van der Waals surface area contributed by atoms with Gasteiger partial charge in [0.1, 0.15) is 16.4 Å². The zero-order valence-electron chi connectivity index (χ0n) is 13.2. The number of nitrogens with one attached hydrogen (secondary N) is 1. The average molecular weight is 347 g/mol. The van der Waals surface area contributed by atoms with Crippen molar-refractivity contribution in [2.45, 2.75) is 31.3 Å². The Bertz CT molecular complexity index is 967. The van der Waals surface area contributed by atoms with Gasteiger partial charge in [0.2, 0.25) is 10.0 Å². The Morgan fingerprint density at radius 3 is 2.75 bits per heavy atom. The van der Waals surface area contributed by atoms with Crippen LogP contribution in [0.2, 0.25) is 0 Å². The van der Waals surface area contributed by atoms with Crippen LogP contribution in [0.3, 0.4) is 0 Å². The Kier molecular flexibility index (Phi) is 4.64. The molecular weight excluding hydrogens is 329 g/mol. The topological polar surface area (TPSA) is 64.0 Å². The number of aryl methyl sites for hydroxylation is 1. The van der Waals surface area contributed by atoms with Gasteiger partial charge in [-0.3, -0.25) is 0 Å². The number of nitrogens with zero attached hydrogens (tertiary/aromatic N) is 2. The maximum atomic E-state index is 13.7. The lowest BCUT2D eigenvalue weighted by Gasteiger charge is -2.06. The Morgan fingerprint density at radius 1 is 1.21 bits per heavy atom. The molecular formula is C17H18FN3O2S. The van der Waals surface area contributed by atoms with Crippen LogP contribution >= 0.6 is 0 Å². The number of sulfonamides is 1. The van der Waals surface area contributed by atoms with E-state index in [9.17, 15) is 12.8 Å². The third kappa shape index (κ3) is 3.18. The van der Waals surface area contributed by atoms with Gasteiger partial charge in [0, 0.05) is 36.4 Å². The molecule has 0 aliphatic heterocycles. The molecule has 0 spiro atoms. The third-order valence-electron chi connectivity index (χ3n) is 3.76. The lowest BCUT2D eigenvalue weighted by Crippen LogP contribution is -2.23. The number of benzene rings is 1. The number of hydrogen-bond acceptors (Lipinski definition) is 3. The van der Waals surface area contributed by atoms with Gasteiger partial charge in [0.05, 0.1) is 0 Å². The number of hydrogen-bond donors (Lipinski definition) is 1. The summed E-state index contributed by atoms with van der Waals surface area (Å²) in [6.45, 7) is 2.59. The summed E-state index contributed by atoms with van der Waals surface area (Å²) in [5.41, 5.74) is 0.933. The first kappa shape index (κ1) is 16.6. The Morgan fingerprint density at radius 2 is 2.00 bits per heavy atom. The van der Waals surface area contributed by atoms with Gasteiger partial charge in [0.25, 0.3) is 0 Å². The highest BCUT2D eigenvalue weighted by Crippen LogP contribution is 2.24. The largest absolute Gasteiger partial charge is 0.331 e. The van der Waals surface area contributed by atoms with E-state index < -0.39 is 15.8 Å². The summed E-state index contributed by atoms with van der Waals surface area (Å²) in [7, 11) is -3.78. The predicted molar refractivity (Wildman–Crippen MR) is 90.4 cm³/mol. The van der Waals surface area contributed by atoms with Gasteiger partial charge in [-0.1, -0.05) is 25.1 Å². The van der Waals surface area contributed by atoms with Crippen LogP contribution in [-0.2, 0) is 23.1 Å². The smallest absolute Gasteiger partial charge is 0.243 e. The van der Waals surface area contributed by atoms with Crippen molar-refractivity contribution in [2.75, 3.05) is 0 Å². The summed E-state index contributed by atoms with van der Waals surface area (Å²) < 4.78 is 43.3. The highest BCUT2D eigenvalue weighted by atomic mass is 32.2. The van der Waals surface area contributed by atoms with Gasteiger partial charge in [-0.2, -0.15) is 0 Å². The van der Waals surface area contributed by atoms with Crippen LogP contribution in [0.4, 0.5) is 4.39 Å². The van der Waals surface area contributed by atoms with Crippen molar-refractivity contribution in [3.8, 4) is 0 Å². The van der Waals surface area contributed by atoms with E-state index in [4.69, 9.17) is 0 Å². The predicted octanol–water partition coefficient (Wildman–Crippen LogP) is 3.06. The minimum atomic E-state index is -3.78. The maximum absolute atomic E-state index is 13.7. The second-order valence-corrected chi connectivity index (χ2v) is 7.21. The Labute approximate surface area is 140 Å². The van der Waals surface area contributed by atoms with E-state index in [2.05, 4.69) is 9.71 Å². The van der Waals surface area contributed by atoms with E-state index in [1.165, 1.54) is 6.07 Å². The van der Waals surface area contributed by atoms with Crippen LogP contribution in [-0.4, -0.2) is 18.0 Å². The van der Waals surface area contributed by atoms with E-state index >= 15 is 0 Å². The minimum absolute atomic E-state index is 0.101. The summed E-state index contributed by atoms with van der Waals surface area (Å²) in [4.78, 5) is 4.44. The molecule has 0 aliphatic carbocycles. The van der Waals surface area contributed by atoms with Crippen LogP contribution in [0.1, 0.15) is 18.9 Å². The van der Waals surface area contributed by atoms with Crippen molar-refractivity contribution in [1.29, 1.82) is 0 Å². The molecule has 0 atom stereocenters. The van der Waals surface area contributed by atoms with Gasteiger partial charge in [-0.15, -0.1) is 0 Å². The molecule has 1 N–H and O–H groups in total. The van der Waals surface area contributed by atoms with Gasteiger partial charge in [0.15, 0.2) is 0 Å². The van der Waals surface area contributed by atoms with Crippen molar-refractivity contribution < 1.29 is 12.8 Å². The molecule has 5 nitrogen and oxygen atoms in total. The standard InChI is InChI=1S/C17H18FN3O2S/c1-2-10-21-12-16(14-7-5-9-19-17(14)21)24(22,23)20-11-13-6-3-4-8-15(13)18/h3-9,12,20H,2,10-11H2,1H3. The van der Waals surface area contributed by atoms with Crippen LogP contribution in [0, 0.1) is 5.82 Å². The van der Waals surface area contributed by atoms with E-state index in [1.54, 1.807) is 42.7 Å². The molecule has 0 saturated heterocycles. The van der Waals surface area contributed by atoms with Crippen molar-refractivity contribution in [2.24, 2.45) is 0 Å². The van der Waals surface area contributed by atoms with E-state index in [0.29, 0.717) is 23.1 Å². The number of halogens is 1. The van der Waals surface area contributed by atoms with E-state index in [0.717, 1.165) is 6.42 Å². The van der Waals surface area contributed by atoms with Gasteiger partial charge >= 0.3 is 0 Å². The molecule has 0 unspecified atom stereocenters. The van der Waals surface area contributed by atoms with Crippen molar-refractivity contribution in [1.82, 2.24) is 14.3 Å². The summed E-state index contributed by atoms with van der Waals surface area (Å²) in [5.74, 6) is -0.435. The first-order valence-corrected chi connectivity index (χ1v) is 9.18. The van der Waals surface area contributed by atoms with Crippen LogP contribution < -0.4 is 4.72 Å². The minimum Gasteiger partial charge on any atom is -0.331 e. The Balaban J connectivity index is 1.95. The second kappa shape index (κ2) is 6.70. The molecule has 0 aliphatic rings. The highest BCUT2D eigenvalue weighted by Gasteiger charge is 2.21. The molecule has 3 aromatic rings. The molecule has 24 heavy (non-hydrogen) atoms. The number of aromatic nitrogens is 2. The average Bonchev–Trinajstić information content (AvgIpc) is 2.94. The molecule has 1 aromatic carbocycles. The van der Waals surface area contributed by atoms with Crippen molar-refractivity contribution in [3.63, 3.8) is 0 Å². The van der Waals surface area contributed by atoms with Crippen molar-refractivity contribution >= 4 is 21.1 Å². The lowest BCUT2D eigenvalue weighted by molar-refractivity contribution is 0.574. The fraction of sp³-hybridized carbons (Fsp3) is 0.235. The van der Waals surface area contributed by atoms with Crippen molar-refractivity contribution in [3.05, 3.63) is 60.2 Å². The number of fused-ring (bicyclic) bond motifs is 1. The molecule has 0 saturated carbocycles. The summed E-state index contributed by atoms with van der Waals surface area (Å²) in [6, 6.07) is 9.53. The fourth-order valence-corrected chi connectivity index (χ4v) is 3.82. The molecule has 3 rings (SSSR count). The molecule has 0 radical (unpaired) electrons. The van der Waals surface area contributed by atoms with Crippen LogP contribution in [0.5, 0.6) is 0 Å². The second-order valence-electron chi connectivity index (χ2n) is 5.48. The fourth-order valence-electron chi connectivity index (χ4n) is 2.61. The van der Waals surface area contributed by atoms with Gasteiger partial charge in [-0.25, -0.2) is 22.5 Å². The molecule has 2 heterocycles. The summed E-state index contributed by atoms with van der Waals surface area (Å²) in [6.07, 6.45) is 4.09. The molecule has 0 bridgehead atoms. The van der Waals surface area contributed by atoms with Crippen LogP contribution in [0.15, 0.2) is 53.7 Å². The molecule has 7 heteroatoms. The third-order valence-corrected chi connectivity index (χ3v) is 5.19. The molecule has 2 aromatic heterocycles. The lowest BCUT2D eigenvalue weighted by atomic mass is 10.2. The highest BCUT2D eigenvalue weighted by molar-refractivity contribution is 7.89. The quantitative estimate of drug-likeness (QED) is 0.745. The zero-order valence-corrected chi connectivity index (χ0v) is 14.1. The molecule has 0 amide bonds. The van der Waals surface area contributed by atoms with E-state index in [-0.39, 0.29) is 11.4 Å².